The van der Waals surface area contributed by atoms with E-state index in [1.165, 1.54) is 0 Å². The van der Waals surface area contributed by atoms with Crippen molar-refractivity contribution in [3.05, 3.63) is 41.5 Å². The van der Waals surface area contributed by atoms with Crippen LogP contribution in [0.3, 0.4) is 0 Å². The van der Waals surface area contributed by atoms with Crippen molar-refractivity contribution in [2.24, 2.45) is 4.99 Å². The number of aryl methyl sites for hydroxylation is 1. The van der Waals surface area contributed by atoms with Crippen LogP contribution in [0.2, 0.25) is 0 Å². The Morgan fingerprint density at radius 2 is 2.32 bits per heavy atom. The monoisotopic (exact) mass is 535 g/mol. The van der Waals surface area contributed by atoms with Crippen LogP contribution in [0.25, 0.3) is 11.0 Å². The summed E-state index contributed by atoms with van der Waals surface area (Å²) in [6, 6.07) is 0. The first-order chi connectivity index (χ1) is 10.3. The predicted octanol–water partition coefficient (Wildman–Crippen LogP) is 2.95. The molecule has 0 saturated heterocycles. The predicted molar refractivity (Wildman–Crippen MR) is 87.4 cm³/mol. The molecule has 22 heavy (non-hydrogen) atoms. The SMILES string of the molecule is C[C-]=NC=[C-]C1=CN(c2ncnc3[nH]cc(C)c23)CCS1.[U+2]. The van der Waals surface area contributed by atoms with Gasteiger partial charge in [-0.3, -0.25) is 0 Å². The summed E-state index contributed by atoms with van der Waals surface area (Å²) in [6.45, 7) is 4.74. The smallest absolute Gasteiger partial charge is 0.483 e. The van der Waals surface area contributed by atoms with Gasteiger partial charge in [0.05, 0.1) is 5.39 Å². The van der Waals surface area contributed by atoms with Crippen molar-refractivity contribution in [1.29, 1.82) is 0 Å². The number of fused-ring (bicyclic) bond motifs is 1. The van der Waals surface area contributed by atoms with Crippen LogP contribution in [-0.4, -0.2) is 33.5 Å². The van der Waals surface area contributed by atoms with Crippen molar-refractivity contribution in [1.82, 2.24) is 15.0 Å². The number of H-pyrrole nitrogens is 1. The average molecular weight is 535 g/mol. The fraction of sp³-hybridized carbons (Fsp3) is 0.267. The van der Waals surface area contributed by atoms with E-state index in [-0.39, 0.29) is 31.1 Å². The maximum atomic E-state index is 4.46. The minimum Gasteiger partial charge on any atom is -0.483 e. The molecule has 1 N–H and O–H groups in total. The zero-order chi connectivity index (χ0) is 14.7. The molecule has 110 valence electrons. The number of nitrogens with one attached hydrogen (secondary N) is 1. The van der Waals surface area contributed by atoms with Gasteiger partial charge in [-0.05, 0) is 12.5 Å². The van der Waals surface area contributed by atoms with Gasteiger partial charge in [-0.25, -0.2) is 16.2 Å². The van der Waals surface area contributed by atoms with Gasteiger partial charge in [0.2, 0.25) is 0 Å². The van der Waals surface area contributed by atoms with Crippen molar-refractivity contribution < 1.29 is 31.1 Å². The van der Waals surface area contributed by atoms with E-state index < -0.39 is 0 Å². The van der Waals surface area contributed by atoms with Crippen molar-refractivity contribution in [3.63, 3.8) is 0 Å². The molecule has 3 rings (SSSR count). The summed E-state index contributed by atoms with van der Waals surface area (Å²) < 4.78 is 0. The molecule has 0 aliphatic carbocycles. The number of hydrogen-bond acceptors (Lipinski definition) is 5. The van der Waals surface area contributed by atoms with E-state index in [2.05, 4.69) is 50.3 Å². The minimum absolute atomic E-state index is 0. The maximum absolute atomic E-state index is 4.46. The summed E-state index contributed by atoms with van der Waals surface area (Å²) in [5, 5.41) is 1.07. The van der Waals surface area contributed by atoms with Crippen LogP contribution in [0.5, 0.6) is 0 Å². The molecule has 0 bridgehead atoms. The third-order valence-corrected chi connectivity index (χ3v) is 4.10. The number of allylic oxidation sites excluding steroid dienone is 1. The molecule has 0 aromatic carbocycles. The fourth-order valence-corrected chi connectivity index (χ4v) is 3.06. The van der Waals surface area contributed by atoms with Crippen LogP contribution in [0.15, 0.2) is 34.8 Å². The molecule has 0 saturated carbocycles. The maximum Gasteiger partial charge on any atom is 2.00 e. The number of aliphatic imine (C=N–C) groups is 1. The molecule has 0 unspecified atom stereocenters. The first kappa shape index (κ1) is 17.3. The van der Waals surface area contributed by atoms with E-state index in [4.69, 9.17) is 0 Å². The van der Waals surface area contributed by atoms with E-state index in [0.29, 0.717) is 0 Å². The number of anilines is 1. The molecule has 3 heterocycles. The van der Waals surface area contributed by atoms with Crippen molar-refractivity contribution in [3.8, 4) is 0 Å². The third-order valence-electron chi connectivity index (χ3n) is 3.18. The molecule has 0 atom stereocenters. The van der Waals surface area contributed by atoms with Gasteiger partial charge in [-0.15, -0.1) is 13.1 Å². The largest absolute Gasteiger partial charge is 2.00 e. The summed E-state index contributed by atoms with van der Waals surface area (Å²) in [5.41, 5.74) is 2.02. The number of aromatic nitrogens is 3. The molecule has 0 spiro atoms. The molecular weight excluding hydrogens is 520 g/mol. The summed E-state index contributed by atoms with van der Waals surface area (Å²) in [6.07, 6.45) is 13.1. The Bertz CT molecular complexity index is 735. The Hall–Kier alpha value is -1.03. The molecule has 0 radical (unpaired) electrons. The van der Waals surface area contributed by atoms with Gasteiger partial charge in [0.15, 0.2) is 0 Å². The number of nitrogens with zero attached hydrogens (tertiary/aromatic N) is 4. The van der Waals surface area contributed by atoms with E-state index in [1.807, 2.05) is 6.20 Å². The summed E-state index contributed by atoms with van der Waals surface area (Å²) in [5.74, 6) is 1.92. The quantitative estimate of drug-likeness (QED) is 0.486. The van der Waals surface area contributed by atoms with Crippen LogP contribution in [0, 0.1) is 44.1 Å². The third kappa shape index (κ3) is 3.65. The minimum atomic E-state index is 0. The van der Waals surface area contributed by atoms with Gasteiger partial charge in [-0.2, -0.15) is 22.9 Å². The van der Waals surface area contributed by atoms with Crippen molar-refractivity contribution in [2.75, 3.05) is 17.2 Å². The Labute approximate surface area is 157 Å². The zero-order valence-corrected chi connectivity index (χ0v) is 17.4. The standard InChI is InChI=1S/C15H15N5S.U/c1-3-16-5-4-12-9-20(6-7-21-12)15-13-11(2)8-17-14(13)18-10-19-15;/h5,8-10H,6-7H2,1-2H3,(H,17,18,19);/q-2;+2. The number of rotatable bonds is 3. The first-order valence-corrected chi connectivity index (χ1v) is 7.63. The average Bonchev–Trinajstić information content (AvgIpc) is 2.90. The summed E-state index contributed by atoms with van der Waals surface area (Å²) in [7, 11) is 0. The summed E-state index contributed by atoms with van der Waals surface area (Å²) in [4.78, 5) is 19.0. The van der Waals surface area contributed by atoms with Gasteiger partial charge >= 0.3 is 31.1 Å². The molecule has 7 heteroatoms. The molecule has 5 nitrogen and oxygen atoms in total. The summed E-state index contributed by atoms with van der Waals surface area (Å²) >= 11 is 1.76. The number of thioether (sulfide) groups is 1. The molecule has 2 aromatic rings. The zero-order valence-electron chi connectivity index (χ0n) is 12.4. The van der Waals surface area contributed by atoms with Gasteiger partial charge in [0, 0.05) is 18.5 Å². The van der Waals surface area contributed by atoms with Crippen LogP contribution in [0.1, 0.15) is 12.5 Å². The van der Waals surface area contributed by atoms with E-state index >= 15 is 0 Å². The Kier molecular flexibility index (Phi) is 6.30. The van der Waals surface area contributed by atoms with Gasteiger partial charge in [0.1, 0.15) is 17.8 Å². The molecule has 1 aliphatic heterocycles. The Morgan fingerprint density at radius 1 is 1.45 bits per heavy atom. The molecule has 1 aliphatic rings. The molecule has 2 aromatic heterocycles. The number of hydrogen-bond donors (Lipinski definition) is 1. The van der Waals surface area contributed by atoms with Gasteiger partial charge in [-0.1, -0.05) is 0 Å². The Morgan fingerprint density at radius 3 is 3.14 bits per heavy atom. The molecular formula is C15H15N5SU. The fourth-order valence-electron chi connectivity index (χ4n) is 2.22. The van der Waals surface area contributed by atoms with Crippen LogP contribution in [-0.2, 0) is 0 Å². The normalized spacial score (nSPS) is 15.5. The van der Waals surface area contributed by atoms with Crippen molar-refractivity contribution in [2.45, 2.75) is 13.8 Å². The Balaban J connectivity index is 0.00000176. The van der Waals surface area contributed by atoms with E-state index in [9.17, 15) is 0 Å². The van der Waals surface area contributed by atoms with Crippen molar-refractivity contribution >= 4 is 34.8 Å². The second-order valence-corrected chi connectivity index (χ2v) is 5.69. The second-order valence-electron chi connectivity index (χ2n) is 4.55. The van der Waals surface area contributed by atoms with Crippen LogP contribution in [0.4, 0.5) is 5.82 Å². The van der Waals surface area contributed by atoms with Crippen LogP contribution < -0.4 is 4.90 Å². The topological polar surface area (TPSA) is 57.2 Å². The molecule has 0 fully saturated rings. The first-order valence-electron chi connectivity index (χ1n) is 6.64. The molecule has 0 amide bonds. The van der Waals surface area contributed by atoms with Gasteiger partial charge in [0.25, 0.3) is 0 Å². The van der Waals surface area contributed by atoms with E-state index in [0.717, 1.165) is 39.6 Å². The van der Waals surface area contributed by atoms with E-state index in [1.54, 1.807) is 31.2 Å². The van der Waals surface area contributed by atoms with Crippen LogP contribution >= 0.6 is 11.8 Å². The second kappa shape index (κ2) is 8.00. The number of aromatic amines is 1. The van der Waals surface area contributed by atoms with Gasteiger partial charge < -0.3 is 21.0 Å².